The highest BCUT2D eigenvalue weighted by Gasteiger charge is 2.25. The van der Waals surface area contributed by atoms with Crippen molar-refractivity contribution in [3.63, 3.8) is 0 Å². The minimum atomic E-state index is -0.0394. The number of likely N-dealkylation sites (N-methyl/N-ethyl adjacent to an activating group) is 1. The Balaban J connectivity index is 2.18. The molecule has 0 saturated carbocycles. The number of hydrogen-bond donors (Lipinski definition) is 1. The van der Waals surface area contributed by atoms with E-state index in [9.17, 15) is 4.79 Å². The largest absolute Gasteiger partial charge is 0.337 e. The van der Waals surface area contributed by atoms with Gasteiger partial charge in [-0.2, -0.15) is 0 Å². The van der Waals surface area contributed by atoms with Crippen molar-refractivity contribution in [1.82, 2.24) is 10.2 Å². The molecule has 3 nitrogen and oxygen atoms in total. The van der Waals surface area contributed by atoms with E-state index in [0.29, 0.717) is 21.7 Å². The van der Waals surface area contributed by atoms with Crippen molar-refractivity contribution in [3.05, 3.63) is 33.8 Å². The van der Waals surface area contributed by atoms with E-state index in [2.05, 4.69) is 5.32 Å². The molecule has 1 aromatic rings. The van der Waals surface area contributed by atoms with Gasteiger partial charge in [0.2, 0.25) is 0 Å². The van der Waals surface area contributed by atoms with Crippen molar-refractivity contribution in [2.75, 3.05) is 20.1 Å². The highest BCUT2D eigenvalue weighted by Crippen LogP contribution is 2.27. The molecule has 1 saturated heterocycles. The van der Waals surface area contributed by atoms with Gasteiger partial charge in [-0.05, 0) is 32.0 Å². The Morgan fingerprint density at radius 1 is 1.44 bits per heavy atom. The van der Waals surface area contributed by atoms with Gasteiger partial charge >= 0.3 is 0 Å². The van der Waals surface area contributed by atoms with Gasteiger partial charge in [0.15, 0.2) is 0 Å². The zero-order valence-electron chi connectivity index (χ0n) is 10.2. The van der Waals surface area contributed by atoms with Crippen molar-refractivity contribution in [2.24, 2.45) is 0 Å². The zero-order valence-corrected chi connectivity index (χ0v) is 11.8. The Labute approximate surface area is 117 Å². The lowest BCUT2D eigenvalue weighted by molar-refractivity contribution is 0.0698. The molecule has 1 heterocycles. The molecule has 0 unspecified atom stereocenters. The van der Waals surface area contributed by atoms with Gasteiger partial charge in [0.1, 0.15) is 0 Å². The Kier molecular flexibility index (Phi) is 4.49. The molecule has 1 N–H and O–H groups in total. The quantitative estimate of drug-likeness (QED) is 0.907. The van der Waals surface area contributed by atoms with Gasteiger partial charge < -0.3 is 10.2 Å². The fraction of sp³-hybridized carbons (Fsp3) is 0.462. The molecule has 0 aliphatic carbocycles. The fourth-order valence-corrected chi connectivity index (χ4v) is 2.62. The van der Waals surface area contributed by atoms with Gasteiger partial charge in [0, 0.05) is 19.1 Å². The SMILES string of the molecule is CN[C@H]1CCCN(C(=O)c2cccc(Cl)c2Cl)C1. The van der Waals surface area contributed by atoms with Crippen LogP contribution in [0, 0.1) is 0 Å². The van der Waals surface area contributed by atoms with Crippen molar-refractivity contribution in [1.29, 1.82) is 0 Å². The molecule has 0 radical (unpaired) electrons. The molecule has 1 aliphatic heterocycles. The molecule has 98 valence electrons. The second-order valence-electron chi connectivity index (χ2n) is 4.48. The van der Waals surface area contributed by atoms with Crippen LogP contribution < -0.4 is 5.32 Å². The molecule has 0 spiro atoms. The number of piperidine rings is 1. The third kappa shape index (κ3) is 2.79. The molecule has 2 rings (SSSR count). The summed E-state index contributed by atoms with van der Waals surface area (Å²) in [5.74, 6) is -0.0394. The number of nitrogens with zero attached hydrogens (tertiary/aromatic N) is 1. The Hall–Kier alpha value is -0.770. The van der Waals surface area contributed by atoms with Crippen molar-refractivity contribution in [3.8, 4) is 0 Å². The first-order chi connectivity index (χ1) is 8.63. The molecule has 0 aromatic heterocycles. The third-order valence-electron chi connectivity index (χ3n) is 3.30. The normalized spacial score (nSPS) is 19.9. The molecule has 18 heavy (non-hydrogen) atoms. The maximum absolute atomic E-state index is 12.4. The summed E-state index contributed by atoms with van der Waals surface area (Å²) < 4.78 is 0. The molecular formula is C13H16Cl2N2O. The molecule has 5 heteroatoms. The van der Waals surface area contributed by atoms with Crippen LogP contribution in [-0.4, -0.2) is 37.0 Å². The van der Waals surface area contributed by atoms with Gasteiger partial charge in [-0.15, -0.1) is 0 Å². The van der Waals surface area contributed by atoms with Crippen LogP contribution in [0.1, 0.15) is 23.2 Å². The minimum absolute atomic E-state index is 0.0394. The van der Waals surface area contributed by atoms with Crippen LogP contribution in [0.2, 0.25) is 10.0 Å². The van der Waals surface area contributed by atoms with Crippen LogP contribution in [0.3, 0.4) is 0 Å². The van der Waals surface area contributed by atoms with Crippen LogP contribution in [0.4, 0.5) is 0 Å². The van der Waals surface area contributed by atoms with Crippen molar-refractivity contribution >= 4 is 29.1 Å². The van der Waals surface area contributed by atoms with Crippen molar-refractivity contribution in [2.45, 2.75) is 18.9 Å². The lowest BCUT2D eigenvalue weighted by atomic mass is 10.0. The average molecular weight is 287 g/mol. The maximum atomic E-state index is 12.4. The smallest absolute Gasteiger partial charge is 0.255 e. The Morgan fingerprint density at radius 2 is 2.22 bits per heavy atom. The highest BCUT2D eigenvalue weighted by atomic mass is 35.5. The first kappa shape index (κ1) is 13.7. The van der Waals surface area contributed by atoms with E-state index in [4.69, 9.17) is 23.2 Å². The third-order valence-corrected chi connectivity index (χ3v) is 4.12. The number of benzene rings is 1. The van der Waals surface area contributed by atoms with Crippen LogP contribution in [0.15, 0.2) is 18.2 Å². The summed E-state index contributed by atoms with van der Waals surface area (Å²) in [5.41, 5.74) is 0.487. The number of carbonyl (C=O) groups is 1. The topological polar surface area (TPSA) is 32.3 Å². The van der Waals surface area contributed by atoms with E-state index >= 15 is 0 Å². The molecule has 1 amide bonds. The number of hydrogen-bond acceptors (Lipinski definition) is 2. The Bertz CT molecular complexity index is 451. The highest BCUT2D eigenvalue weighted by molar-refractivity contribution is 6.43. The average Bonchev–Trinajstić information content (AvgIpc) is 2.41. The van der Waals surface area contributed by atoms with E-state index < -0.39 is 0 Å². The van der Waals surface area contributed by atoms with Crippen LogP contribution in [0.5, 0.6) is 0 Å². The summed E-state index contributed by atoms with van der Waals surface area (Å²) in [6.07, 6.45) is 2.11. The number of halogens is 2. The first-order valence-electron chi connectivity index (χ1n) is 6.04. The fourth-order valence-electron chi connectivity index (χ4n) is 2.24. The standard InChI is InChI=1S/C13H16Cl2N2O/c1-16-9-4-3-7-17(8-9)13(18)10-5-2-6-11(14)12(10)15/h2,5-6,9,16H,3-4,7-8H2,1H3/t9-/m0/s1. The van der Waals surface area contributed by atoms with Crippen LogP contribution in [-0.2, 0) is 0 Å². The lowest BCUT2D eigenvalue weighted by Crippen LogP contribution is -2.47. The minimum Gasteiger partial charge on any atom is -0.337 e. The lowest BCUT2D eigenvalue weighted by Gasteiger charge is -2.32. The van der Waals surface area contributed by atoms with Crippen molar-refractivity contribution < 1.29 is 4.79 Å². The van der Waals surface area contributed by atoms with Crippen LogP contribution >= 0.6 is 23.2 Å². The number of nitrogens with one attached hydrogen (secondary N) is 1. The van der Waals surface area contributed by atoms with Gasteiger partial charge in [-0.3, -0.25) is 4.79 Å². The van der Waals surface area contributed by atoms with Gasteiger partial charge in [-0.25, -0.2) is 0 Å². The number of likely N-dealkylation sites (tertiary alicyclic amines) is 1. The first-order valence-corrected chi connectivity index (χ1v) is 6.79. The number of rotatable bonds is 2. The molecule has 1 aliphatic rings. The number of amides is 1. The number of carbonyl (C=O) groups excluding carboxylic acids is 1. The summed E-state index contributed by atoms with van der Waals surface area (Å²) in [6, 6.07) is 5.52. The molecule has 1 atom stereocenters. The summed E-state index contributed by atoms with van der Waals surface area (Å²) in [6.45, 7) is 1.50. The summed E-state index contributed by atoms with van der Waals surface area (Å²) in [4.78, 5) is 14.2. The van der Waals surface area contributed by atoms with E-state index in [1.54, 1.807) is 18.2 Å². The monoisotopic (exact) mass is 286 g/mol. The maximum Gasteiger partial charge on any atom is 0.255 e. The van der Waals surface area contributed by atoms with E-state index in [0.717, 1.165) is 25.9 Å². The molecule has 1 aromatic carbocycles. The molecule has 1 fully saturated rings. The predicted molar refractivity (Wildman–Crippen MR) is 74.4 cm³/mol. The molecular weight excluding hydrogens is 271 g/mol. The summed E-state index contributed by atoms with van der Waals surface area (Å²) >= 11 is 12.0. The van der Waals surface area contributed by atoms with Gasteiger partial charge in [0.05, 0.1) is 15.6 Å². The van der Waals surface area contributed by atoms with Crippen LogP contribution in [0.25, 0.3) is 0 Å². The van der Waals surface area contributed by atoms with E-state index in [1.165, 1.54) is 0 Å². The van der Waals surface area contributed by atoms with Gasteiger partial charge in [0.25, 0.3) is 5.91 Å². The van der Waals surface area contributed by atoms with E-state index in [-0.39, 0.29) is 5.91 Å². The second-order valence-corrected chi connectivity index (χ2v) is 5.27. The zero-order chi connectivity index (χ0) is 13.1. The predicted octanol–water partition coefficient (Wildman–Crippen LogP) is 2.82. The summed E-state index contributed by atoms with van der Waals surface area (Å²) in [5, 5.41) is 3.98. The van der Waals surface area contributed by atoms with E-state index in [1.807, 2.05) is 11.9 Å². The summed E-state index contributed by atoms with van der Waals surface area (Å²) in [7, 11) is 1.92. The Morgan fingerprint density at radius 3 is 2.94 bits per heavy atom. The van der Waals surface area contributed by atoms with Gasteiger partial charge in [-0.1, -0.05) is 29.3 Å². The molecule has 0 bridgehead atoms. The second kappa shape index (κ2) is 5.91.